The van der Waals surface area contributed by atoms with Gasteiger partial charge in [0.15, 0.2) is 17.3 Å². The molecule has 4 heteroatoms. The van der Waals surface area contributed by atoms with Crippen LogP contribution in [-0.2, 0) is 0 Å². The molecule has 1 aromatic heterocycles. The molecule has 0 spiro atoms. The van der Waals surface area contributed by atoms with E-state index in [-0.39, 0.29) is 11.5 Å². The van der Waals surface area contributed by atoms with Crippen LogP contribution in [0.5, 0.6) is 11.5 Å². The summed E-state index contributed by atoms with van der Waals surface area (Å²) in [6, 6.07) is 8.57. The summed E-state index contributed by atoms with van der Waals surface area (Å²) in [6.07, 6.45) is 5.66. The van der Waals surface area contributed by atoms with Crippen LogP contribution in [-0.4, -0.2) is 23.0 Å². The summed E-state index contributed by atoms with van der Waals surface area (Å²) in [5.74, 6) is 0.548. The Hall–Kier alpha value is -2.49. The van der Waals surface area contributed by atoms with E-state index >= 15 is 0 Å². The van der Waals surface area contributed by atoms with Crippen molar-refractivity contribution in [1.29, 1.82) is 0 Å². The van der Waals surface area contributed by atoms with E-state index in [1.54, 1.807) is 42.6 Å². The van der Waals surface area contributed by atoms with Gasteiger partial charge in [-0.3, -0.25) is 4.79 Å². The smallest absolute Gasteiger partial charge is 0.182 e. The molecule has 0 atom stereocenters. The zero-order chi connectivity index (χ0) is 13.7. The van der Waals surface area contributed by atoms with Crippen LogP contribution >= 0.6 is 0 Å². The van der Waals surface area contributed by atoms with E-state index in [0.29, 0.717) is 17.9 Å². The summed E-state index contributed by atoms with van der Waals surface area (Å²) in [7, 11) is 1.50. The van der Waals surface area contributed by atoms with E-state index in [0.717, 1.165) is 5.56 Å². The molecule has 4 nitrogen and oxygen atoms in total. The van der Waals surface area contributed by atoms with Gasteiger partial charge in [0.1, 0.15) is 0 Å². The highest BCUT2D eigenvalue weighted by atomic mass is 16.5. The first kappa shape index (κ1) is 13.0. The molecule has 0 aliphatic carbocycles. The van der Waals surface area contributed by atoms with E-state index in [4.69, 9.17) is 4.74 Å². The number of H-pyrrole nitrogens is 1. The average molecular weight is 257 g/mol. The molecular formula is C15H15NO3. The van der Waals surface area contributed by atoms with Crippen LogP contribution in [0.25, 0.3) is 6.08 Å². The molecule has 0 aliphatic heterocycles. The number of aromatic nitrogens is 1. The van der Waals surface area contributed by atoms with Gasteiger partial charge in [0.2, 0.25) is 0 Å². The number of carbonyl (C=O) groups is 1. The number of hydrogen-bond acceptors (Lipinski definition) is 3. The highest BCUT2D eigenvalue weighted by Crippen LogP contribution is 2.26. The normalized spacial score (nSPS) is 10.8. The highest BCUT2D eigenvalue weighted by Gasteiger charge is 2.03. The molecule has 98 valence electrons. The monoisotopic (exact) mass is 257 g/mol. The number of aromatic hydroxyl groups is 1. The maximum atomic E-state index is 11.7. The van der Waals surface area contributed by atoms with Crippen LogP contribution in [0.3, 0.4) is 0 Å². The molecule has 0 fully saturated rings. The molecule has 19 heavy (non-hydrogen) atoms. The first-order chi connectivity index (χ1) is 9.20. The number of methoxy groups -OCH3 is 1. The van der Waals surface area contributed by atoms with Gasteiger partial charge in [-0.25, -0.2) is 0 Å². The molecule has 2 N–H and O–H groups in total. The molecular weight excluding hydrogens is 242 g/mol. The highest BCUT2D eigenvalue weighted by molar-refractivity contribution is 5.95. The van der Waals surface area contributed by atoms with Gasteiger partial charge in [-0.15, -0.1) is 0 Å². The van der Waals surface area contributed by atoms with Crippen molar-refractivity contribution < 1.29 is 14.6 Å². The number of nitrogens with one attached hydrogen (secondary N) is 1. The number of hydrogen-bond donors (Lipinski definition) is 2. The van der Waals surface area contributed by atoms with Crippen LogP contribution in [0.1, 0.15) is 22.5 Å². The Labute approximate surface area is 111 Å². The maximum Gasteiger partial charge on any atom is 0.182 e. The summed E-state index contributed by atoms with van der Waals surface area (Å²) in [6.45, 7) is 0. The van der Waals surface area contributed by atoms with Crippen molar-refractivity contribution in [2.45, 2.75) is 6.42 Å². The Bertz CT molecular complexity index is 585. The quantitative estimate of drug-likeness (QED) is 0.809. The first-order valence-electron chi connectivity index (χ1n) is 5.91. The van der Waals surface area contributed by atoms with E-state index in [1.165, 1.54) is 7.11 Å². The molecule has 0 saturated carbocycles. The van der Waals surface area contributed by atoms with Crippen LogP contribution < -0.4 is 4.74 Å². The Morgan fingerprint density at radius 2 is 2.26 bits per heavy atom. The molecule has 0 aliphatic rings. The van der Waals surface area contributed by atoms with Gasteiger partial charge >= 0.3 is 0 Å². The Balaban J connectivity index is 2.01. The van der Waals surface area contributed by atoms with Crippen LogP contribution in [0.2, 0.25) is 0 Å². The zero-order valence-electron chi connectivity index (χ0n) is 10.6. The standard InChI is InChI=1S/C15H15NO3/c1-19-15-10-11(7-8-14(15)18)4-2-6-13(17)12-5-3-9-16-12/h2-5,7-10,16,18H,6H2,1H3/b4-2+. The minimum Gasteiger partial charge on any atom is -0.504 e. The zero-order valence-corrected chi connectivity index (χ0v) is 10.6. The topological polar surface area (TPSA) is 62.3 Å². The maximum absolute atomic E-state index is 11.7. The molecule has 2 rings (SSSR count). The Kier molecular flexibility index (Phi) is 4.03. The van der Waals surface area contributed by atoms with Crippen molar-refractivity contribution in [3.63, 3.8) is 0 Å². The van der Waals surface area contributed by atoms with Crippen molar-refractivity contribution in [2.75, 3.05) is 7.11 Å². The van der Waals surface area contributed by atoms with Gasteiger partial charge in [-0.1, -0.05) is 18.2 Å². The van der Waals surface area contributed by atoms with Crippen molar-refractivity contribution in [1.82, 2.24) is 4.98 Å². The number of rotatable bonds is 5. The second-order valence-corrected chi connectivity index (χ2v) is 4.04. The number of allylic oxidation sites excluding steroid dienone is 1. The molecule has 0 bridgehead atoms. The van der Waals surface area contributed by atoms with Gasteiger partial charge in [-0.2, -0.15) is 0 Å². The molecule has 0 amide bonds. The van der Waals surface area contributed by atoms with Crippen LogP contribution in [0, 0.1) is 0 Å². The molecule has 1 heterocycles. The van der Waals surface area contributed by atoms with E-state index in [9.17, 15) is 9.90 Å². The van der Waals surface area contributed by atoms with E-state index < -0.39 is 0 Å². The third-order valence-electron chi connectivity index (χ3n) is 2.72. The summed E-state index contributed by atoms with van der Waals surface area (Å²) in [5.41, 5.74) is 1.47. The second kappa shape index (κ2) is 5.91. The summed E-state index contributed by atoms with van der Waals surface area (Å²) in [5, 5.41) is 9.47. The van der Waals surface area contributed by atoms with Crippen molar-refractivity contribution >= 4 is 11.9 Å². The number of phenolic OH excluding ortho intramolecular Hbond substituents is 1. The molecule has 0 unspecified atom stereocenters. The SMILES string of the molecule is COc1cc(/C=C/CC(=O)c2ccc[nH]2)ccc1O. The van der Waals surface area contributed by atoms with Gasteiger partial charge in [0.25, 0.3) is 0 Å². The molecule has 0 saturated heterocycles. The second-order valence-electron chi connectivity index (χ2n) is 4.04. The lowest BCUT2D eigenvalue weighted by Gasteiger charge is -2.03. The Morgan fingerprint density at radius 3 is 2.95 bits per heavy atom. The summed E-state index contributed by atoms with van der Waals surface area (Å²) < 4.78 is 5.02. The van der Waals surface area contributed by atoms with Crippen LogP contribution in [0.4, 0.5) is 0 Å². The van der Waals surface area contributed by atoms with E-state index in [2.05, 4.69) is 4.98 Å². The molecule has 1 aromatic carbocycles. The third-order valence-corrected chi connectivity index (χ3v) is 2.72. The Morgan fingerprint density at radius 1 is 1.42 bits per heavy atom. The fraction of sp³-hybridized carbons (Fsp3) is 0.133. The van der Waals surface area contributed by atoms with Gasteiger partial charge in [0.05, 0.1) is 12.8 Å². The largest absolute Gasteiger partial charge is 0.504 e. The van der Waals surface area contributed by atoms with Crippen molar-refractivity contribution in [3.05, 3.63) is 53.9 Å². The third kappa shape index (κ3) is 3.25. The average Bonchev–Trinajstić information content (AvgIpc) is 2.94. The molecule has 0 radical (unpaired) electrons. The number of ketones is 1. The number of aromatic amines is 1. The van der Waals surface area contributed by atoms with Gasteiger partial charge in [-0.05, 0) is 29.8 Å². The van der Waals surface area contributed by atoms with Gasteiger partial charge < -0.3 is 14.8 Å². The van der Waals surface area contributed by atoms with Crippen molar-refractivity contribution in [2.24, 2.45) is 0 Å². The number of ether oxygens (including phenoxy) is 1. The molecule has 2 aromatic rings. The number of carbonyl (C=O) groups excluding carboxylic acids is 1. The number of phenols is 1. The number of benzene rings is 1. The lowest BCUT2D eigenvalue weighted by atomic mass is 10.1. The lowest BCUT2D eigenvalue weighted by Crippen LogP contribution is -1.96. The van der Waals surface area contributed by atoms with Crippen LogP contribution in [0.15, 0.2) is 42.6 Å². The predicted octanol–water partition coefficient (Wildman–Crippen LogP) is 3.02. The minimum absolute atomic E-state index is 0.0343. The van der Waals surface area contributed by atoms with Crippen molar-refractivity contribution in [3.8, 4) is 11.5 Å². The fourth-order valence-electron chi connectivity index (χ4n) is 1.71. The predicted molar refractivity (Wildman–Crippen MR) is 73.4 cm³/mol. The number of Topliss-reactive ketones (excluding diaryl/α,β-unsaturated/α-hetero) is 1. The minimum atomic E-state index is 0.0343. The van der Waals surface area contributed by atoms with E-state index in [1.807, 2.05) is 6.08 Å². The fourth-order valence-corrected chi connectivity index (χ4v) is 1.71. The summed E-state index contributed by atoms with van der Waals surface area (Å²) in [4.78, 5) is 14.6. The lowest BCUT2D eigenvalue weighted by molar-refractivity contribution is 0.0992. The van der Waals surface area contributed by atoms with Gasteiger partial charge in [0, 0.05) is 12.6 Å². The first-order valence-corrected chi connectivity index (χ1v) is 5.91. The summed E-state index contributed by atoms with van der Waals surface area (Å²) >= 11 is 0.